The second-order valence-corrected chi connectivity index (χ2v) is 9.73. The van der Waals surface area contributed by atoms with Crippen molar-refractivity contribution in [3.63, 3.8) is 0 Å². The second kappa shape index (κ2) is 7.04. The molecule has 4 rings (SSSR count). The predicted octanol–water partition coefficient (Wildman–Crippen LogP) is 3.15. The first-order chi connectivity index (χ1) is 12.8. The normalized spacial score (nSPS) is 25.0. The fourth-order valence-electron chi connectivity index (χ4n) is 4.47. The zero-order valence-electron chi connectivity index (χ0n) is 15.4. The molecule has 1 N–H and O–H groups in total. The molecule has 2 aliphatic rings. The van der Waals surface area contributed by atoms with Crippen LogP contribution in [0.1, 0.15) is 31.2 Å². The van der Waals surface area contributed by atoms with Gasteiger partial charge in [0.25, 0.3) is 0 Å². The lowest BCUT2D eigenvalue weighted by molar-refractivity contribution is 0.389. The monoisotopic (exact) mass is 406 g/mol. The molecule has 0 unspecified atom stereocenters. The van der Waals surface area contributed by atoms with Crippen molar-refractivity contribution in [2.45, 2.75) is 50.7 Å². The van der Waals surface area contributed by atoms with Gasteiger partial charge in [0.1, 0.15) is 5.82 Å². The van der Waals surface area contributed by atoms with Gasteiger partial charge in [-0.25, -0.2) is 18.1 Å². The van der Waals surface area contributed by atoms with Gasteiger partial charge in [-0.2, -0.15) is 0 Å². The minimum atomic E-state index is -3.19. The largest absolute Gasteiger partial charge is 0.351 e. The number of hydrogen-bond donors (Lipinski definition) is 1. The van der Waals surface area contributed by atoms with E-state index in [1.165, 1.54) is 6.26 Å². The highest BCUT2D eigenvalue weighted by molar-refractivity contribution is 7.88. The standard InChI is InChI=1S/C19H23ClN4O2S/c1-12-4-3-7-21-19(12)16-10-18(22-11-17(16)20)24-14-5-6-15(24)9-13(8-14)23-27(2,25)26/h3-4,7,10-11,13-15,23H,5-6,8-9H2,1-2H3/t13-,14+,15-. The van der Waals surface area contributed by atoms with Crippen molar-refractivity contribution in [3.8, 4) is 11.3 Å². The molecule has 2 bridgehead atoms. The van der Waals surface area contributed by atoms with Crippen LogP contribution in [0.25, 0.3) is 11.3 Å². The third kappa shape index (κ3) is 3.81. The van der Waals surface area contributed by atoms with Gasteiger partial charge in [-0.3, -0.25) is 4.98 Å². The van der Waals surface area contributed by atoms with Gasteiger partial charge in [0.2, 0.25) is 10.0 Å². The van der Waals surface area contributed by atoms with Crippen LogP contribution in [0.2, 0.25) is 5.02 Å². The zero-order valence-corrected chi connectivity index (χ0v) is 17.0. The van der Waals surface area contributed by atoms with Crippen molar-refractivity contribution >= 4 is 27.4 Å². The molecule has 4 heterocycles. The van der Waals surface area contributed by atoms with E-state index < -0.39 is 10.0 Å². The first-order valence-electron chi connectivity index (χ1n) is 9.15. The van der Waals surface area contributed by atoms with E-state index in [1.807, 2.05) is 25.1 Å². The highest BCUT2D eigenvalue weighted by atomic mass is 35.5. The van der Waals surface area contributed by atoms with Crippen LogP contribution in [0.5, 0.6) is 0 Å². The molecule has 0 radical (unpaired) electrons. The highest BCUT2D eigenvalue weighted by Crippen LogP contribution is 2.40. The van der Waals surface area contributed by atoms with Gasteiger partial charge < -0.3 is 4.90 Å². The van der Waals surface area contributed by atoms with Crippen molar-refractivity contribution in [1.82, 2.24) is 14.7 Å². The number of piperidine rings is 1. The van der Waals surface area contributed by atoms with Gasteiger partial charge in [-0.05, 0) is 50.3 Å². The average Bonchev–Trinajstić information content (AvgIpc) is 2.86. The summed E-state index contributed by atoms with van der Waals surface area (Å²) >= 11 is 6.43. The molecule has 2 aliphatic heterocycles. The Bertz CT molecular complexity index is 952. The number of anilines is 1. The molecular weight excluding hydrogens is 384 g/mol. The van der Waals surface area contributed by atoms with E-state index in [9.17, 15) is 8.42 Å². The summed E-state index contributed by atoms with van der Waals surface area (Å²) in [5.41, 5.74) is 2.82. The van der Waals surface area contributed by atoms with Crippen LogP contribution in [-0.2, 0) is 10.0 Å². The number of fused-ring (bicyclic) bond motifs is 2. The van der Waals surface area contributed by atoms with Crippen LogP contribution < -0.4 is 9.62 Å². The van der Waals surface area contributed by atoms with Crippen LogP contribution in [0.15, 0.2) is 30.6 Å². The van der Waals surface area contributed by atoms with Gasteiger partial charge >= 0.3 is 0 Å². The van der Waals surface area contributed by atoms with Crippen molar-refractivity contribution in [1.29, 1.82) is 0 Å². The van der Waals surface area contributed by atoms with Gasteiger partial charge in [0.15, 0.2) is 0 Å². The van der Waals surface area contributed by atoms with E-state index in [4.69, 9.17) is 11.6 Å². The summed E-state index contributed by atoms with van der Waals surface area (Å²) in [6.45, 7) is 2.02. The van der Waals surface area contributed by atoms with Crippen molar-refractivity contribution in [2.24, 2.45) is 0 Å². The minimum absolute atomic E-state index is 0.00134. The molecule has 27 heavy (non-hydrogen) atoms. The lowest BCUT2D eigenvalue weighted by Crippen LogP contribution is -2.50. The summed E-state index contributed by atoms with van der Waals surface area (Å²) < 4.78 is 26.0. The molecule has 2 aromatic rings. The summed E-state index contributed by atoms with van der Waals surface area (Å²) in [4.78, 5) is 11.4. The van der Waals surface area contributed by atoms with Gasteiger partial charge in [0.05, 0.1) is 17.0 Å². The minimum Gasteiger partial charge on any atom is -0.351 e. The summed E-state index contributed by atoms with van der Waals surface area (Å²) in [6, 6.07) is 6.52. The molecule has 0 amide bonds. The van der Waals surface area contributed by atoms with E-state index >= 15 is 0 Å². The predicted molar refractivity (Wildman–Crippen MR) is 108 cm³/mol. The van der Waals surface area contributed by atoms with E-state index in [0.717, 1.165) is 48.3 Å². The molecule has 8 heteroatoms. The summed E-state index contributed by atoms with van der Waals surface area (Å²) in [7, 11) is -3.19. The Balaban J connectivity index is 1.64. The van der Waals surface area contributed by atoms with Crippen molar-refractivity contribution in [3.05, 3.63) is 41.2 Å². The van der Waals surface area contributed by atoms with Crippen LogP contribution in [0.4, 0.5) is 5.82 Å². The molecule has 2 saturated heterocycles. The number of aromatic nitrogens is 2. The smallest absolute Gasteiger partial charge is 0.208 e. The van der Waals surface area contributed by atoms with Crippen LogP contribution in [0.3, 0.4) is 0 Å². The highest BCUT2D eigenvalue weighted by Gasteiger charge is 2.42. The van der Waals surface area contributed by atoms with E-state index in [-0.39, 0.29) is 18.1 Å². The number of rotatable bonds is 4. The van der Waals surface area contributed by atoms with E-state index in [0.29, 0.717) is 5.02 Å². The average molecular weight is 407 g/mol. The first kappa shape index (κ1) is 18.7. The van der Waals surface area contributed by atoms with Gasteiger partial charge in [0, 0.05) is 36.1 Å². The Hall–Kier alpha value is -1.70. The number of nitrogens with one attached hydrogen (secondary N) is 1. The molecule has 0 spiro atoms. The lowest BCUT2D eigenvalue weighted by Gasteiger charge is -2.40. The lowest BCUT2D eigenvalue weighted by atomic mass is 9.98. The van der Waals surface area contributed by atoms with E-state index in [1.54, 1.807) is 12.4 Å². The fraction of sp³-hybridized carbons (Fsp3) is 0.474. The quantitative estimate of drug-likeness (QED) is 0.844. The maximum atomic E-state index is 11.6. The van der Waals surface area contributed by atoms with Crippen molar-refractivity contribution < 1.29 is 8.42 Å². The van der Waals surface area contributed by atoms with Crippen LogP contribution >= 0.6 is 11.6 Å². The molecule has 0 aliphatic carbocycles. The van der Waals surface area contributed by atoms with E-state index in [2.05, 4.69) is 19.6 Å². The molecule has 0 saturated carbocycles. The maximum Gasteiger partial charge on any atom is 0.208 e. The molecule has 2 fully saturated rings. The number of nitrogens with zero attached hydrogens (tertiary/aromatic N) is 3. The number of hydrogen-bond acceptors (Lipinski definition) is 5. The maximum absolute atomic E-state index is 11.6. The SMILES string of the molecule is Cc1cccnc1-c1cc(N2[C@@H]3CC[C@H]2C[C@@H](NS(C)(=O)=O)C3)ncc1Cl. The fourth-order valence-corrected chi connectivity index (χ4v) is 5.46. The molecule has 144 valence electrons. The van der Waals surface area contributed by atoms with Crippen molar-refractivity contribution in [2.75, 3.05) is 11.2 Å². The molecule has 3 atom stereocenters. The number of aryl methyl sites for hydroxylation is 1. The zero-order chi connectivity index (χ0) is 19.2. The van der Waals surface area contributed by atoms with Gasteiger partial charge in [-0.1, -0.05) is 17.7 Å². The molecule has 0 aromatic carbocycles. The Morgan fingerprint density at radius 3 is 2.56 bits per heavy atom. The van der Waals surface area contributed by atoms with Gasteiger partial charge in [-0.15, -0.1) is 0 Å². The second-order valence-electron chi connectivity index (χ2n) is 7.54. The van der Waals surface area contributed by atoms with Crippen LogP contribution in [-0.4, -0.2) is 42.8 Å². The topological polar surface area (TPSA) is 75.2 Å². The summed E-state index contributed by atoms with van der Waals surface area (Å²) in [5, 5.41) is 0.585. The third-order valence-electron chi connectivity index (χ3n) is 5.48. The Morgan fingerprint density at radius 1 is 1.22 bits per heavy atom. The molecule has 2 aromatic heterocycles. The Kier molecular flexibility index (Phi) is 4.86. The third-order valence-corrected chi connectivity index (χ3v) is 6.55. The number of pyridine rings is 2. The summed E-state index contributed by atoms with van der Waals surface area (Å²) in [5.74, 6) is 0.893. The number of sulfonamides is 1. The molecular formula is C19H23ClN4O2S. The Morgan fingerprint density at radius 2 is 1.93 bits per heavy atom. The molecule has 6 nitrogen and oxygen atoms in total. The Labute approximate surface area is 165 Å². The van der Waals surface area contributed by atoms with Crippen LogP contribution in [0, 0.1) is 6.92 Å². The number of halogens is 1. The summed E-state index contributed by atoms with van der Waals surface area (Å²) in [6.07, 6.45) is 8.39. The first-order valence-corrected chi connectivity index (χ1v) is 11.4.